The number of hydrogen-bond donors (Lipinski definition) is 0. The van der Waals surface area contributed by atoms with Crippen LogP contribution in [-0.4, -0.2) is 50.4 Å². The third-order valence-electron chi connectivity index (χ3n) is 3.81. The zero-order chi connectivity index (χ0) is 19.0. The van der Waals surface area contributed by atoms with Crippen LogP contribution in [-0.2, 0) is 19.2 Å². The number of amides is 3. The molecule has 3 rings (SSSR count). The SMILES string of the molecule is O=C([O-])CN1C(=O)C[C@@H](N2C(=O)/C(=C/c3ccc(Cl)cc3)SC2=S)C1=O. The summed E-state index contributed by atoms with van der Waals surface area (Å²) in [6.45, 7) is -0.844. The summed E-state index contributed by atoms with van der Waals surface area (Å²) < 4.78 is 0.136. The first-order valence-electron chi connectivity index (χ1n) is 7.34. The molecule has 2 saturated heterocycles. The molecular weight excluding hydrogens is 400 g/mol. The van der Waals surface area contributed by atoms with Crippen LogP contribution in [0.1, 0.15) is 12.0 Å². The Kier molecular flexibility index (Phi) is 5.12. The highest BCUT2D eigenvalue weighted by Crippen LogP contribution is 2.36. The molecule has 2 heterocycles. The lowest BCUT2D eigenvalue weighted by molar-refractivity contribution is -0.305. The van der Waals surface area contributed by atoms with Crippen LogP contribution in [0, 0.1) is 0 Å². The summed E-state index contributed by atoms with van der Waals surface area (Å²) in [6, 6.07) is 5.66. The number of rotatable bonds is 4. The first kappa shape index (κ1) is 18.6. The molecule has 0 radical (unpaired) electrons. The molecule has 10 heteroatoms. The minimum Gasteiger partial charge on any atom is -0.548 e. The molecule has 3 amide bonds. The van der Waals surface area contributed by atoms with Gasteiger partial charge in [0.05, 0.1) is 23.8 Å². The third-order valence-corrected chi connectivity index (χ3v) is 5.39. The molecule has 1 aromatic rings. The van der Waals surface area contributed by atoms with Gasteiger partial charge in [-0.3, -0.25) is 24.2 Å². The number of likely N-dealkylation sites (tertiary alicyclic amines) is 1. The van der Waals surface area contributed by atoms with Crippen molar-refractivity contribution in [3.05, 3.63) is 39.8 Å². The van der Waals surface area contributed by atoms with Crippen molar-refractivity contribution < 1.29 is 24.3 Å². The number of imide groups is 1. The average molecular weight is 410 g/mol. The Morgan fingerprint density at radius 3 is 2.58 bits per heavy atom. The molecular formula is C16H10ClN2O5S2-. The number of hydrogen-bond acceptors (Lipinski definition) is 7. The highest BCUT2D eigenvalue weighted by Gasteiger charge is 2.48. The lowest BCUT2D eigenvalue weighted by Gasteiger charge is -2.21. The van der Waals surface area contributed by atoms with E-state index in [9.17, 15) is 24.3 Å². The standard InChI is InChI=1S/C16H11ClN2O5S2/c17-9-3-1-8(2-4-9)5-11-15(24)19(16(25)26-11)10-6-12(20)18(14(10)23)7-13(21)22/h1-5,10H,6-7H2,(H,21,22)/p-1/b11-5-/t10-/m1/s1. The minimum absolute atomic E-state index is 0.136. The van der Waals surface area contributed by atoms with Crippen molar-refractivity contribution in [2.45, 2.75) is 12.5 Å². The van der Waals surface area contributed by atoms with Crippen molar-refractivity contribution >= 4 is 69.7 Å². The van der Waals surface area contributed by atoms with Gasteiger partial charge in [-0.25, -0.2) is 0 Å². The van der Waals surface area contributed by atoms with Gasteiger partial charge >= 0.3 is 0 Å². The Hall–Kier alpha value is -2.23. The van der Waals surface area contributed by atoms with Crippen molar-refractivity contribution in [3.8, 4) is 0 Å². The molecule has 1 aromatic carbocycles. The smallest absolute Gasteiger partial charge is 0.266 e. The zero-order valence-electron chi connectivity index (χ0n) is 13.0. The number of carboxylic acid groups (broad SMARTS) is 1. The molecule has 2 aliphatic rings. The van der Waals surface area contributed by atoms with E-state index in [-0.39, 0.29) is 10.7 Å². The molecule has 0 unspecified atom stereocenters. The van der Waals surface area contributed by atoms with Gasteiger partial charge in [-0.15, -0.1) is 0 Å². The predicted molar refractivity (Wildman–Crippen MR) is 96.6 cm³/mol. The second-order valence-corrected chi connectivity index (χ2v) is 7.63. The van der Waals surface area contributed by atoms with Crippen molar-refractivity contribution in [2.24, 2.45) is 0 Å². The number of thioether (sulfide) groups is 1. The molecule has 0 spiro atoms. The van der Waals surface area contributed by atoms with Gasteiger partial charge in [-0.2, -0.15) is 0 Å². The van der Waals surface area contributed by atoms with E-state index in [1.165, 1.54) is 0 Å². The van der Waals surface area contributed by atoms with Crippen LogP contribution in [0.2, 0.25) is 5.02 Å². The molecule has 7 nitrogen and oxygen atoms in total. The molecule has 134 valence electrons. The molecule has 0 N–H and O–H groups in total. The quantitative estimate of drug-likeness (QED) is 0.403. The molecule has 0 aromatic heterocycles. The molecule has 1 atom stereocenters. The first-order valence-corrected chi connectivity index (χ1v) is 8.95. The number of nitrogens with zero attached hydrogens (tertiary/aromatic N) is 2. The van der Waals surface area contributed by atoms with Crippen LogP contribution >= 0.6 is 35.6 Å². The van der Waals surface area contributed by atoms with E-state index in [0.717, 1.165) is 22.2 Å². The fourth-order valence-corrected chi connectivity index (χ4v) is 4.10. The highest BCUT2D eigenvalue weighted by molar-refractivity contribution is 8.26. The van der Waals surface area contributed by atoms with E-state index >= 15 is 0 Å². The molecule has 0 saturated carbocycles. The Labute approximate surface area is 162 Å². The molecule has 0 aliphatic carbocycles. The van der Waals surface area contributed by atoms with Crippen LogP contribution < -0.4 is 5.11 Å². The van der Waals surface area contributed by atoms with Crippen molar-refractivity contribution in [1.29, 1.82) is 0 Å². The maximum Gasteiger partial charge on any atom is 0.266 e. The Balaban J connectivity index is 1.83. The molecule has 2 aliphatic heterocycles. The van der Waals surface area contributed by atoms with Crippen LogP contribution in [0.4, 0.5) is 0 Å². The predicted octanol–water partition coefficient (Wildman–Crippen LogP) is 0.419. The van der Waals surface area contributed by atoms with E-state index in [2.05, 4.69) is 0 Å². The second kappa shape index (κ2) is 7.18. The minimum atomic E-state index is -1.56. The van der Waals surface area contributed by atoms with Crippen LogP contribution in [0.5, 0.6) is 0 Å². The number of halogens is 1. The van der Waals surface area contributed by atoms with E-state index < -0.39 is 36.3 Å². The average Bonchev–Trinajstić information content (AvgIpc) is 2.99. The molecule has 26 heavy (non-hydrogen) atoms. The fourth-order valence-electron chi connectivity index (χ4n) is 2.62. The van der Waals surface area contributed by atoms with Crippen LogP contribution in [0.15, 0.2) is 29.2 Å². The van der Waals surface area contributed by atoms with Crippen molar-refractivity contribution in [1.82, 2.24) is 9.80 Å². The maximum atomic E-state index is 12.7. The summed E-state index contributed by atoms with van der Waals surface area (Å²) >= 11 is 12.0. The first-order chi connectivity index (χ1) is 12.3. The number of aliphatic carboxylic acids is 1. The third kappa shape index (κ3) is 3.50. The lowest BCUT2D eigenvalue weighted by Crippen LogP contribution is -2.46. The van der Waals surface area contributed by atoms with Crippen molar-refractivity contribution in [2.75, 3.05) is 6.54 Å². The fraction of sp³-hybridized carbons (Fsp3) is 0.188. The van der Waals surface area contributed by atoms with E-state index in [1.54, 1.807) is 30.3 Å². The van der Waals surface area contributed by atoms with Gasteiger partial charge in [0.25, 0.3) is 11.8 Å². The number of carbonyl (C=O) groups is 4. The number of benzene rings is 1. The summed E-state index contributed by atoms with van der Waals surface area (Å²) in [5.41, 5.74) is 0.724. The van der Waals surface area contributed by atoms with Gasteiger partial charge in [0, 0.05) is 5.02 Å². The summed E-state index contributed by atoms with van der Waals surface area (Å²) in [5, 5.41) is 11.2. The number of carboxylic acids is 1. The maximum absolute atomic E-state index is 12.7. The van der Waals surface area contributed by atoms with Crippen molar-refractivity contribution in [3.63, 3.8) is 0 Å². The summed E-state index contributed by atoms with van der Waals surface area (Å²) in [4.78, 5) is 49.6. The Morgan fingerprint density at radius 2 is 1.96 bits per heavy atom. The van der Waals surface area contributed by atoms with Gasteiger partial charge in [0.15, 0.2) is 0 Å². The lowest BCUT2D eigenvalue weighted by atomic mass is 10.2. The van der Waals surface area contributed by atoms with Gasteiger partial charge in [0.2, 0.25) is 5.91 Å². The monoisotopic (exact) mass is 409 g/mol. The Bertz CT molecular complexity index is 868. The van der Waals surface area contributed by atoms with E-state index in [4.69, 9.17) is 23.8 Å². The van der Waals surface area contributed by atoms with Gasteiger partial charge in [0.1, 0.15) is 10.4 Å². The van der Waals surface area contributed by atoms with Gasteiger partial charge in [-0.05, 0) is 23.8 Å². The number of thiocarbonyl (C=S) groups is 1. The largest absolute Gasteiger partial charge is 0.548 e. The summed E-state index contributed by atoms with van der Waals surface area (Å²) in [7, 11) is 0. The Morgan fingerprint density at radius 1 is 1.31 bits per heavy atom. The number of carbonyl (C=O) groups excluding carboxylic acids is 4. The normalized spacial score (nSPS) is 22.0. The van der Waals surface area contributed by atoms with Gasteiger partial charge in [-0.1, -0.05) is 47.7 Å². The topological polar surface area (TPSA) is 97.8 Å². The highest BCUT2D eigenvalue weighted by atomic mass is 35.5. The van der Waals surface area contributed by atoms with E-state index in [0.29, 0.717) is 14.8 Å². The van der Waals surface area contributed by atoms with E-state index in [1.807, 2.05) is 0 Å². The second-order valence-electron chi connectivity index (χ2n) is 5.51. The van der Waals surface area contributed by atoms with Crippen LogP contribution in [0.3, 0.4) is 0 Å². The molecule has 2 fully saturated rings. The van der Waals surface area contributed by atoms with Gasteiger partial charge < -0.3 is 9.90 Å². The summed E-state index contributed by atoms with van der Waals surface area (Å²) in [6.07, 6.45) is 1.29. The zero-order valence-corrected chi connectivity index (χ0v) is 15.4. The molecule has 0 bridgehead atoms. The van der Waals surface area contributed by atoms with Crippen LogP contribution in [0.25, 0.3) is 6.08 Å². The summed E-state index contributed by atoms with van der Waals surface area (Å²) in [5.74, 6) is -3.51.